The van der Waals surface area contributed by atoms with Crippen LogP contribution in [0.4, 0.5) is 5.69 Å². The van der Waals surface area contributed by atoms with Crippen LogP contribution in [0.3, 0.4) is 0 Å². The number of anilines is 1. The number of amides is 2. The Kier molecular flexibility index (Phi) is 6.36. The van der Waals surface area contributed by atoms with Crippen LogP contribution in [0, 0.1) is 13.8 Å². The predicted octanol–water partition coefficient (Wildman–Crippen LogP) is 4.44. The lowest BCUT2D eigenvalue weighted by Crippen LogP contribution is -2.50. The highest BCUT2D eigenvalue weighted by atomic mass is 32.1. The Morgan fingerprint density at radius 1 is 1.27 bits per heavy atom. The molecule has 2 heterocycles. The molecule has 8 heteroatoms. The van der Waals surface area contributed by atoms with Gasteiger partial charge in [0.05, 0.1) is 6.26 Å². The molecule has 158 valence electrons. The zero-order valence-corrected chi connectivity index (χ0v) is 18.6. The maximum Gasteiger partial charge on any atom is 0.280 e. The van der Waals surface area contributed by atoms with Crippen molar-refractivity contribution in [1.29, 1.82) is 0 Å². The summed E-state index contributed by atoms with van der Waals surface area (Å²) in [5.74, 6) is -0.366. The van der Waals surface area contributed by atoms with Crippen LogP contribution in [-0.2, 0) is 4.79 Å². The highest BCUT2D eigenvalue weighted by molar-refractivity contribution is 7.03. The minimum absolute atomic E-state index is 0.181. The van der Waals surface area contributed by atoms with Gasteiger partial charge in [-0.1, -0.05) is 23.5 Å². The number of aryl methyl sites for hydroxylation is 2. The maximum atomic E-state index is 13.6. The molecule has 0 aliphatic carbocycles. The van der Waals surface area contributed by atoms with Crippen LogP contribution in [0.15, 0.2) is 46.4 Å². The first kappa shape index (κ1) is 21.7. The van der Waals surface area contributed by atoms with Crippen molar-refractivity contribution < 1.29 is 14.0 Å². The number of benzene rings is 1. The summed E-state index contributed by atoms with van der Waals surface area (Å²) in [6.07, 6.45) is 2.23. The molecular formula is C22H26N4O3S. The Morgan fingerprint density at radius 3 is 2.63 bits per heavy atom. The van der Waals surface area contributed by atoms with Crippen LogP contribution >= 0.6 is 11.5 Å². The van der Waals surface area contributed by atoms with Crippen molar-refractivity contribution in [2.24, 2.45) is 0 Å². The fourth-order valence-electron chi connectivity index (χ4n) is 3.04. The normalized spacial score (nSPS) is 12.4. The monoisotopic (exact) mass is 426 g/mol. The van der Waals surface area contributed by atoms with E-state index >= 15 is 0 Å². The summed E-state index contributed by atoms with van der Waals surface area (Å²) in [4.78, 5) is 28.5. The first-order chi connectivity index (χ1) is 14.2. The molecule has 2 amide bonds. The predicted molar refractivity (Wildman–Crippen MR) is 117 cm³/mol. The second-order valence-corrected chi connectivity index (χ2v) is 8.51. The van der Waals surface area contributed by atoms with Gasteiger partial charge in [0, 0.05) is 16.6 Å². The number of hydrogen-bond donors (Lipinski definition) is 1. The molecule has 1 aromatic carbocycles. The summed E-state index contributed by atoms with van der Waals surface area (Å²) in [5.41, 5.74) is 2.19. The van der Waals surface area contributed by atoms with E-state index in [9.17, 15) is 9.59 Å². The molecule has 0 spiro atoms. The van der Waals surface area contributed by atoms with E-state index in [1.165, 1.54) is 11.2 Å². The first-order valence-electron chi connectivity index (χ1n) is 9.77. The molecule has 0 saturated carbocycles. The Hall–Kier alpha value is -3.00. The summed E-state index contributed by atoms with van der Waals surface area (Å²) in [6.45, 7) is 9.73. The second kappa shape index (κ2) is 8.79. The Morgan fingerprint density at radius 2 is 2.03 bits per heavy atom. The van der Waals surface area contributed by atoms with Crippen molar-refractivity contribution in [3.63, 3.8) is 0 Å². The molecule has 0 aliphatic rings. The van der Waals surface area contributed by atoms with Gasteiger partial charge in [0.2, 0.25) is 0 Å². The number of aromatic nitrogens is 2. The fraction of sp³-hybridized carbons (Fsp3) is 0.364. The molecule has 1 unspecified atom stereocenters. The first-order valence-corrected chi connectivity index (χ1v) is 10.6. The molecule has 1 N–H and O–H groups in total. The third-order valence-electron chi connectivity index (χ3n) is 5.09. The average Bonchev–Trinajstić information content (AvgIpc) is 3.41. The molecule has 2 aromatic heterocycles. The minimum atomic E-state index is -1.000. The molecule has 3 aromatic rings. The van der Waals surface area contributed by atoms with E-state index in [0.29, 0.717) is 11.4 Å². The van der Waals surface area contributed by atoms with E-state index in [1.54, 1.807) is 17.5 Å². The smallest absolute Gasteiger partial charge is 0.280 e. The van der Waals surface area contributed by atoms with Crippen molar-refractivity contribution >= 4 is 29.0 Å². The van der Waals surface area contributed by atoms with Gasteiger partial charge in [-0.2, -0.15) is 0 Å². The molecule has 1 atom stereocenters. The van der Waals surface area contributed by atoms with E-state index < -0.39 is 17.5 Å². The molecule has 0 radical (unpaired) electrons. The van der Waals surface area contributed by atoms with Gasteiger partial charge in [-0.3, -0.25) is 14.5 Å². The van der Waals surface area contributed by atoms with E-state index in [4.69, 9.17) is 4.42 Å². The van der Waals surface area contributed by atoms with Crippen molar-refractivity contribution in [1.82, 2.24) is 14.9 Å². The highest BCUT2D eigenvalue weighted by Gasteiger charge is 2.38. The van der Waals surface area contributed by atoms with Gasteiger partial charge < -0.3 is 9.73 Å². The van der Waals surface area contributed by atoms with Crippen LogP contribution < -0.4 is 10.2 Å². The summed E-state index contributed by atoms with van der Waals surface area (Å²) in [6, 6.07) is 8.19. The van der Waals surface area contributed by atoms with Gasteiger partial charge >= 0.3 is 0 Å². The number of hydrogen-bond acceptors (Lipinski definition) is 6. The van der Waals surface area contributed by atoms with Crippen molar-refractivity contribution in [2.75, 3.05) is 4.90 Å². The lowest BCUT2D eigenvalue weighted by molar-refractivity contribution is -0.124. The van der Waals surface area contributed by atoms with Gasteiger partial charge in [-0.15, -0.1) is 5.10 Å². The molecular weight excluding hydrogens is 400 g/mol. The maximum absolute atomic E-state index is 13.6. The quantitative estimate of drug-likeness (QED) is 0.603. The van der Waals surface area contributed by atoms with Crippen LogP contribution in [0.25, 0.3) is 0 Å². The zero-order valence-electron chi connectivity index (χ0n) is 17.8. The van der Waals surface area contributed by atoms with Crippen molar-refractivity contribution in [2.45, 2.75) is 52.6 Å². The van der Waals surface area contributed by atoms with E-state index in [2.05, 4.69) is 14.9 Å². The number of rotatable bonds is 7. The largest absolute Gasteiger partial charge is 0.467 e. The average molecular weight is 427 g/mol. The third-order valence-corrected chi connectivity index (χ3v) is 5.59. The number of furan rings is 1. The van der Waals surface area contributed by atoms with Crippen LogP contribution in [0.5, 0.6) is 0 Å². The molecule has 3 rings (SSSR count). The molecule has 0 fully saturated rings. The summed E-state index contributed by atoms with van der Waals surface area (Å²) >= 11 is 1.09. The van der Waals surface area contributed by atoms with Crippen LogP contribution in [0.2, 0.25) is 0 Å². The topological polar surface area (TPSA) is 88.3 Å². The Bertz CT molecular complexity index is 1010. The lowest BCUT2D eigenvalue weighted by atomic mass is 10.00. The van der Waals surface area contributed by atoms with E-state index in [1.807, 2.05) is 52.8 Å². The SMILES string of the molecule is CCC(C)(C)NC(=O)C(c1ccco1)N(C(=O)c1csnn1)c1cc(C)ccc1C. The second-order valence-electron chi connectivity index (χ2n) is 7.90. The van der Waals surface area contributed by atoms with Gasteiger partial charge in [-0.05, 0) is 75.0 Å². The lowest BCUT2D eigenvalue weighted by Gasteiger charge is -2.33. The summed E-state index contributed by atoms with van der Waals surface area (Å²) < 4.78 is 9.44. The number of nitrogens with one attached hydrogen (secondary N) is 1. The molecule has 0 saturated heterocycles. The van der Waals surface area contributed by atoms with Gasteiger partial charge in [0.25, 0.3) is 11.8 Å². The molecule has 0 aliphatic heterocycles. The number of carbonyl (C=O) groups excluding carboxylic acids is 2. The Labute approximate surface area is 180 Å². The van der Waals surface area contributed by atoms with Gasteiger partial charge in [0.15, 0.2) is 11.7 Å². The fourth-order valence-corrected chi connectivity index (χ4v) is 3.47. The van der Waals surface area contributed by atoms with E-state index in [0.717, 1.165) is 29.1 Å². The van der Waals surface area contributed by atoms with Crippen LogP contribution in [0.1, 0.15) is 60.6 Å². The third kappa shape index (κ3) is 4.59. The highest BCUT2D eigenvalue weighted by Crippen LogP contribution is 2.33. The van der Waals surface area contributed by atoms with Gasteiger partial charge in [0.1, 0.15) is 5.76 Å². The Balaban J connectivity index is 2.17. The molecule has 30 heavy (non-hydrogen) atoms. The molecule has 0 bridgehead atoms. The number of carbonyl (C=O) groups is 2. The van der Waals surface area contributed by atoms with Crippen molar-refractivity contribution in [3.8, 4) is 0 Å². The summed E-state index contributed by atoms with van der Waals surface area (Å²) in [7, 11) is 0. The molecule has 7 nitrogen and oxygen atoms in total. The number of nitrogens with zero attached hydrogens (tertiary/aromatic N) is 3. The van der Waals surface area contributed by atoms with Crippen LogP contribution in [-0.4, -0.2) is 26.9 Å². The van der Waals surface area contributed by atoms with E-state index in [-0.39, 0.29) is 11.6 Å². The zero-order chi connectivity index (χ0) is 21.9. The summed E-state index contributed by atoms with van der Waals surface area (Å²) in [5, 5.41) is 8.57. The standard InChI is InChI=1S/C22H26N4O3S/c1-6-22(4,5)23-20(27)19(18-8-7-11-29-18)26(21(28)16-13-30-25-24-16)17-12-14(2)9-10-15(17)3/h7-13,19H,6H2,1-5H3,(H,23,27). The van der Waals surface area contributed by atoms with Crippen molar-refractivity contribution in [3.05, 3.63) is 64.6 Å². The van der Waals surface area contributed by atoms with Gasteiger partial charge in [-0.25, -0.2) is 0 Å². The minimum Gasteiger partial charge on any atom is -0.467 e.